The molecule has 5 heteroatoms. The molecule has 2 rings (SSSR count). The van der Waals surface area contributed by atoms with Crippen LogP contribution in [0, 0.1) is 6.92 Å². The number of carbonyl (C=O) groups excluding carboxylic acids is 2. The minimum Gasteiger partial charge on any atom is -0.326 e. The van der Waals surface area contributed by atoms with Crippen molar-refractivity contribution < 1.29 is 9.59 Å². The van der Waals surface area contributed by atoms with Gasteiger partial charge in [-0.1, -0.05) is 29.8 Å². The van der Waals surface area contributed by atoms with Gasteiger partial charge in [-0.2, -0.15) is 0 Å². The highest BCUT2D eigenvalue weighted by Gasteiger charge is 2.05. The first-order valence-electron chi connectivity index (χ1n) is 7.36. The quantitative estimate of drug-likeness (QED) is 0.864. The van der Waals surface area contributed by atoms with Crippen LogP contribution in [-0.2, 0) is 16.0 Å². The zero-order chi connectivity index (χ0) is 16.8. The second-order valence-electron chi connectivity index (χ2n) is 5.39. The van der Waals surface area contributed by atoms with Gasteiger partial charge in [0.05, 0.1) is 0 Å². The van der Waals surface area contributed by atoms with Crippen LogP contribution < -0.4 is 10.6 Å². The first kappa shape index (κ1) is 17.0. The van der Waals surface area contributed by atoms with Gasteiger partial charge in [-0.05, 0) is 48.7 Å². The molecule has 0 aliphatic rings. The summed E-state index contributed by atoms with van der Waals surface area (Å²) in [4.78, 5) is 23.1. The molecular formula is C18H19ClN2O2. The largest absolute Gasteiger partial charge is 0.326 e. The number of anilines is 2. The molecule has 0 fully saturated rings. The normalized spacial score (nSPS) is 10.2. The highest BCUT2D eigenvalue weighted by molar-refractivity contribution is 6.31. The Morgan fingerprint density at radius 3 is 2.39 bits per heavy atom. The Hall–Kier alpha value is -2.33. The van der Waals surface area contributed by atoms with Crippen LogP contribution >= 0.6 is 11.6 Å². The fourth-order valence-electron chi connectivity index (χ4n) is 2.15. The van der Waals surface area contributed by atoms with Crippen LogP contribution in [0.25, 0.3) is 0 Å². The molecule has 0 spiro atoms. The molecule has 0 aliphatic heterocycles. The second kappa shape index (κ2) is 7.79. The van der Waals surface area contributed by atoms with E-state index in [0.29, 0.717) is 29.2 Å². The van der Waals surface area contributed by atoms with Crippen molar-refractivity contribution in [2.45, 2.75) is 26.7 Å². The summed E-state index contributed by atoms with van der Waals surface area (Å²) >= 11 is 6.08. The molecule has 0 bridgehead atoms. The molecule has 4 nitrogen and oxygen atoms in total. The molecule has 0 atom stereocenters. The summed E-state index contributed by atoms with van der Waals surface area (Å²) in [6.07, 6.45) is 0.987. The Kier molecular flexibility index (Phi) is 5.77. The zero-order valence-electron chi connectivity index (χ0n) is 13.2. The third kappa shape index (κ3) is 5.42. The van der Waals surface area contributed by atoms with E-state index in [-0.39, 0.29) is 11.8 Å². The monoisotopic (exact) mass is 330 g/mol. The zero-order valence-corrected chi connectivity index (χ0v) is 13.9. The maximum atomic E-state index is 12.0. The van der Waals surface area contributed by atoms with Gasteiger partial charge in [0.25, 0.3) is 0 Å². The smallest absolute Gasteiger partial charge is 0.224 e. The topological polar surface area (TPSA) is 58.2 Å². The van der Waals surface area contributed by atoms with Gasteiger partial charge in [-0.15, -0.1) is 0 Å². The number of carbonyl (C=O) groups is 2. The SMILES string of the molecule is CC(=O)Nc1cccc(NC(=O)CCc2ccc(C)c(Cl)c2)c1. The second-order valence-corrected chi connectivity index (χ2v) is 5.80. The summed E-state index contributed by atoms with van der Waals surface area (Å²) in [7, 11) is 0. The van der Waals surface area contributed by atoms with Gasteiger partial charge in [-0.25, -0.2) is 0 Å². The van der Waals surface area contributed by atoms with E-state index in [4.69, 9.17) is 11.6 Å². The van der Waals surface area contributed by atoms with Crippen molar-refractivity contribution in [3.05, 3.63) is 58.6 Å². The summed E-state index contributed by atoms with van der Waals surface area (Å²) in [6.45, 7) is 3.39. The predicted octanol–water partition coefficient (Wildman–Crippen LogP) is 4.18. The van der Waals surface area contributed by atoms with Crippen molar-refractivity contribution in [3.8, 4) is 0 Å². The van der Waals surface area contributed by atoms with Crippen LogP contribution in [0.15, 0.2) is 42.5 Å². The fourth-order valence-corrected chi connectivity index (χ4v) is 2.35. The van der Waals surface area contributed by atoms with Crippen molar-refractivity contribution >= 4 is 34.8 Å². The minimum atomic E-state index is -0.148. The van der Waals surface area contributed by atoms with E-state index >= 15 is 0 Å². The van der Waals surface area contributed by atoms with Crippen LogP contribution in [0.3, 0.4) is 0 Å². The van der Waals surface area contributed by atoms with Crippen LogP contribution in [0.2, 0.25) is 5.02 Å². The van der Waals surface area contributed by atoms with Gasteiger partial charge in [-0.3, -0.25) is 9.59 Å². The van der Waals surface area contributed by atoms with Gasteiger partial charge in [0, 0.05) is 29.7 Å². The molecule has 0 heterocycles. The average molecular weight is 331 g/mol. The van der Waals surface area contributed by atoms with E-state index in [2.05, 4.69) is 10.6 Å². The molecule has 2 N–H and O–H groups in total. The summed E-state index contributed by atoms with van der Waals surface area (Å²) < 4.78 is 0. The molecule has 2 amide bonds. The Balaban J connectivity index is 1.91. The summed E-state index contributed by atoms with van der Waals surface area (Å²) in [5, 5.41) is 6.23. The number of hydrogen-bond acceptors (Lipinski definition) is 2. The molecule has 23 heavy (non-hydrogen) atoms. The maximum Gasteiger partial charge on any atom is 0.224 e. The van der Waals surface area contributed by atoms with Crippen molar-refractivity contribution in [1.29, 1.82) is 0 Å². The third-order valence-corrected chi connectivity index (χ3v) is 3.75. The molecule has 2 aromatic carbocycles. The maximum absolute atomic E-state index is 12.0. The van der Waals surface area contributed by atoms with E-state index in [1.54, 1.807) is 24.3 Å². The van der Waals surface area contributed by atoms with Gasteiger partial charge in [0.1, 0.15) is 0 Å². The summed E-state index contributed by atoms with van der Waals surface area (Å²) in [6, 6.07) is 12.9. The Labute approximate surface area is 140 Å². The van der Waals surface area contributed by atoms with Crippen LogP contribution in [0.1, 0.15) is 24.5 Å². The molecule has 0 aliphatic carbocycles. The third-order valence-electron chi connectivity index (χ3n) is 3.34. The molecule has 120 valence electrons. The first-order chi connectivity index (χ1) is 10.9. The van der Waals surface area contributed by atoms with Gasteiger partial charge < -0.3 is 10.6 Å². The number of amides is 2. The predicted molar refractivity (Wildman–Crippen MR) is 93.9 cm³/mol. The molecule has 0 saturated carbocycles. The van der Waals surface area contributed by atoms with E-state index in [1.807, 2.05) is 25.1 Å². The minimum absolute atomic E-state index is 0.0818. The lowest BCUT2D eigenvalue weighted by Gasteiger charge is -2.08. The van der Waals surface area contributed by atoms with Crippen LogP contribution in [0.4, 0.5) is 11.4 Å². The molecule has 2 aromatic rings. The molecule has 0 saturated heterocycles. The van der Waals surface area contributed by atoms with E-state index < -0.39 is 0 Å². The lowest BCUT2D eigenvalue weighted by atomic mass is 10.1. The Morgan fingerprint density at radius 1 is 1.04 bits per heavy atom. The summed E-state index contributed by atoms with van der Waals surface area (Å²) in [5.74, 6) is -0.230. The van der Waals surface area contributed by atoms with Crippen LogP contribution in [0.5, 0.6) is 0 Å². The van der Waals surface area contributed by atoms with E-state index in [0.717, 1.165) is 11.1 Å². The number of hydrogen-bond donors (Lipinski definition) is 2. The van der Waals surface area contributed by atoms with E-state index in [9.17, 15) is 9.59 Å². The number of rotatable bonds is 5. The standard InChI is InChI=1S/C18H19ClN2O2/c1-12-6-7-14(10-17(12)19)8-9-18(23)21-16-5-3-4-15(11-16)20-13(2)22/h3-7,10-11H,8-9H2,1-2H3,(H,20,22)(H,21,23). The molecular weight excluding hydrogens is 312 g/mol. The number of halogens is 1. The Morgan fingerprint density at radius 2 is 1.74 bits per heavy atom. The Bertz CT molecular complexity index is 729. The van der Waals surface area contributed by atoms with E-state index in [1.165, 1.54) is 6.92 Å². The number of benzene rings is 2. The molecule has 0 aromatic heterocycles. The number of nitrogens with one attached hydrogen (secondary N) is 2. The molecule has 0 radical (unpaired) electrons. The van der Waals surface area contributed by atoms with Gasteiger partial charge >= 0.3 is 0 Å². The average Bonchev–Trinajstić information content (AvgIpc) is 2.48. The van der Waals surface area contributed by atoms with Gasteiger partial charge in [0.2, 0.25) is 11.8 Å². The van der Waals surface area contributed by atoms with Crippen molar-refractivity contribution in [2.24, 2.45) is 0 Å². The lowest BCUT2D eigenvalue weighted by Crippen LogP contribution is -2.13. The first-order valence-corrected chi connectivity index (χ1v) is 7.74. The van der Waals surface area contributed by atoms with Crippen molar-refractivity contribution in [2.75, 3.05) is 10.6 Å². The number of aryl methyl sites for hydroxylation is 2. The summed E-state index contributed by atoms with van der Waals surface area (Å²) in [5.41, 5.74) is 3.36. The lowest BCUT2D eigenvalue weighted by molar-refractivity contribution is -0.116. The molecule has 0 unspecified atom stereocenters. The van der Waals surface area contributed by atoms with Crippen molar-refractivity contribution in [1.82, 2.24) is 0 Å². The highest BCUT2D eigenvalue weighted by atomic mass is 35.5. The fraction of sp³-hybridized carbons (Fsp3) is 0.222. The van der Waals surface area contributed by atoms with Gasteiger partial charge in [0.15, 0.2) is 0 Å². The van der Waals surface area contributed by atoms with Crippen molar-refractivity contribution in [3.63, 3.8) is 0 Å². The highest BCUT2D eigenvalue weighted by Crippen LogP contribution is 2.18. The van der Waals surface area contributed by atoms with Crippen LogP contribution in [-0.4, -0.2) is 11.8 Å².